The van der Waals surface area contributed by atoms with Gasteiger partial charge in [0.1, 0.15) is 0 Å². The van der Waals surface area contributed by atoms with Crippen LogP contribution in [0.3, 0.4) is 0 Å². The second kappa shape index (κ2) is 9.27. The highest BCUT2D eigenvalue weighted by Crippen LogP contribution is 2.45. The van der Waals surface area contributed by atoms with E-state index in [1.165, 1.54) is 77.0 Å². The molecule has 2 rings (SSSR count). The summed E-state index contributed by atoms with van der Waals surface area (Å²) in [6, 6.07) is 0. The molecule has 130 valence electrons. The van der Waals surface area contributed by atoms with E-state index in [1.54, 1.807) is 0 Å². The molecule has 2 saturated carbocycles. The molecule has 0 heterocycles. The van der Waals surface area contributed by atoms with Crippen LogP contribution < -0.4 is 0 Å². The number of rotatable bonds is 10. The molecule has 0 spiro atoms. The Morgan fingerprint density at radius 3 is 2.00 bits per heavy atom. The van der Waals surface area contributed by atoms with Crippen molar-refractivity contribution in [3.8, 4) is 0 Å². The summed E-state index contributed by atoms with van der Waals surface area (Å²) >= 11 is 0. The van der Waals surface area contributed by atoms with Crippen LogP contribution in [0.1, 0.15) is 103 Å². The van der Waals surface area contributed by atoms with Gasteiger partial charge < -0.3 is 10.2 Å². The van der Waals surface area contributed by atoms with E-state index in [9.17, 15) is 10.2 Å². The molecule has 2 N–H and O–H groups in total. The summed E-state index contributed by atoms with van der Waals surface area (Å²) in [5.41, 5.74) is 0. The first-order valence-electron chi connectivity index (χ1n) is 10.1. The van der Waals surface area contributed by atoms with Crippen molar-refractivity contribution in [2.45, 2.75) is 109 Å². The molecule has 2 nitrogen and oxygen atoms in total. The lowest BCUT2D eigenvalue weighted by molar-refractivity contribution is -0.247. The van der Waals surface area contributed by atoms with Crippen LogP contribution in [-0.2, 0) is 0 Å². The predicted molar refractivity (Wildman–Crippen MR) is 92.6 cm³/mol. The first kappa shape index (κ1) is 18.3. The number of unbranched alkanes of at least 4 members (excludes halogenated alkanes) is 5. The van der Waals surface area contributed by atoms with E-state index in [0.29, 0.717) is 5.92 Å². The summed E-state index contributed by atoms with van der Waals surface area (Å²) in [6.45, 7) is 2.25. The quantitative estimate of drug-likeness (QED) is 0.418. The van der Waals surface area contributed by atoms with Crippen molar-refractivity contribution < 1.29 is 10.2 Å². The van der Waals surface area contributed by atoms with E-state index < -0.39 is 5.79 Å². The minimum absolute atomic E-state index is 0.129. The molecule has 2 aliphatic carbocycles. The van der Waals surface area contributed by atoms with Crippen LogP contribution in [0.5, 0.6) is 0 Å². The van der Waals surface area contributed by atoms with E-state index in [-0.39, 0.29) is 11.8 Å². The van der Waals surface area contributed by atoms with Gasteiger partial charge in [-0.2, -0.15) is 0 Å². The van der Waals surface area contributed by atoms with E-state index in [2.05, 4.69) is 6.92 Å². The van der Waals surface area contributed by atoms with Gasteiger partial charge in [-0.3, -0.25) is 0 Å². The van der Waals surface area contributed by atoms with Gasteiger partial charge in [0.05, 0.1) is 0 Å². The SMILES string of the molecule is CCCCCCCCC(C1CCCC1)C(O)(O)C1CCCC1. The molecular formula is C20H38O2. The molecule has 0 saturated heterocycles. The Morgan fingerprint density at radius 1 is 0.818 bits per heavy atom. The standard InChI is InChI=1S/C20H38O2/c1-2-3-4-5-6-7-16-19(17-12-8-9-13-17)20(21,22)18-14-10-11-15-18/h17-19,21-22H,2-16H2,1H3. The highest BCUT2D eigenvalue weighted by Gasteiger charge is 2.46. The van der Waals surface area contributed by atoms with Gasteiger partial charge >= 0.3 is 0 Å². The van der Waals surface area contributed by atoms with Gasteiger partial charge in [-0.1, -0.05) is 71.1 Å². The maximum Gasteiger partial charge on any atom is 0.168 e. The zero-order chi connectivity index (χ0) is 15.8. The van der Waals surface area contributed by atoms with Crippen LogP contribution in [0, 0.1) is 17.8 Å². The lowest BCUT2D eigenvalue weighted by Gasteiger charge is -2.40. The highest BCUT2D eigenvalue weighted by atomic mass is 16.5. The van der Waals surface area contributed by atoms with Crippen LogP contribution in [0.2, 0.25) is 0 Å². The number of aliphatic hydroxyl groups is 2. The minimum atomic E-state index is -1.39. The maximum absolute atomic E-state index is 10.9. The molecule has 0 aromatic carbocycles. The van der Waals surface area contributed by atoms with Crippen LogP contribution in [0.4, 0.5) is 0 Å². The van der Waals surface area contributed by atoms with Gasteiger partial charge in [0.25, 0.3) is 0 Å². The van der Waals surface area contributed by atoms with Crippen molar-refractivity contribution in [1.29, 1.82) is 0 Å². The second-order valence-corrected chi connectivity index (χ2v) is 7.97. The molecule has 0 bridgehead atoms. The summed E-state index contributed by atoms with van der Waals surface area (Å²) in [6.07, 6.45) is 18.2. The third-order valence-electron chi connectivity index (χ3n) is 6.34. The van der Waals surface area contributed by atoms with Gasteiger partial charge in [0, 0.05) is 11.8 Å². The normalized spacial score (nSPS) is 22.5. The highest BCUT2D eigenvalue weighted by molar-refractivity contribution is 4.91. The van der Waals surface area contributed by atoms with Crippen molar-refractivity contribution in [2.75, 3.05) is 0 Å². The Morgan fingerprint density at radius 2 is 1.36 bits per heavy atom. The Hall–Kier alpha value is -0.0800. The van der Waals surface area contributed by atoms with E-state index in [4.69, 9.17) is 0 Å². The Bertz CT molecular complexity index is 288. The molecule has 0 aromatic rings. The van der Waals surface area contributed by atoms with Gasteiger partial charge in [0.2, 0.25) is 0 Å². The Balaban J connectivity index is 1.85. The fraction of sp³-hybridized carbons (Fsp3) is 1.00. The zero-order valence-electron chi connectivity index (χ0n) is 14.7. The molecular weight excluding hydrogens is 272 g/mol. The third-order valence-corrected chi connectivity index (χ3v) is 6.34. The summed E-state index contributed by atoms with van der Waals surface area (Å²) in [4.78, 5) is 0. The molecule has 2 fully saturated rings. The summed E-state index contributed by atoms with van der Waals surface area (Å²) in [5, 5.41) is 21.9. The summed E-state index contributed by atoms with van der Waals surface area (Å²) in [7, 11) is 0. The number of hydrogen-bond donors (Lipinski definition) is 2. The van der Waals surface area contributed by atoms with Crippen molar-refractivity contribution in [3.63, 3.8) is 0 Å². The van der Waals surface area contributed by atoms with E-state index >= 15 is 0 Å². The van der Waals surface area contributed by atoms with Crippen molar-refractivity contribution in [3.05, 3.63) is 0 Å². The largest absolute Gasteiger partial charge is 0.365 e. The van der Waals surface area contributed by atoms with Crippen LogP contribution in [0.15, 0.2) is 0 Å². The van der Waals surface area contributed by atoms with Crippen molar-refractivity contribution in [2.24, 2.45) is 17.8 Å². The van der Waals surface area contributed by atoms with Gasteiger partial charge in [0.15, 0.2) is 5.79 Å². The minimum Gasteiger partial charge on any atom is -0.365 e. The maximum atomic E-state index is 10.9. The predicted octanol–water partition coefficient (Wildman–Crippen LogP) is 5.41. The Labute approximate surface area is 137 Å². The van der Waals surface area contributed by atoms with Crippen LogP contribution in [0.25, 0.3) is 0 Å². The lowest BCUT2D eigenvalue weighted by Crippen LogP contribution is -2.47. The van der Waals surface area contributed by atoms with Crippen LogP contribution >= 0.6 is 0 Å². The topological polar surface area (TPSA) is 40.5 Å². The molecule has 2 heteroatoms. The molecule has 1 atom stereocenters. The summed E-state index contributed by atoms with van der Waals surface area (Å²) in [5.74, 6) is -0.566. The first-order chi connectivity index (χ1) is 10.7. The van der Waals surface area contributed by atoms with Crippen LogP contribution in [-0.4, -0.2) is 16.0 Å². The molecule has 0 aliphatic heterocycles. The molecule has 22 heavy (non-hydrogen) atoms. The lowest BCUT2D eigenvalue weighted by atomic mass is 9.74. The second-order valence-electron chi connectivity index (χ2n) is 7.97. The van der Waals surface area contributed by atoms with Crippen molar-refractivity contribution >= 4 is 0 Å². The molecule has 0 amide bonds. The van der Waals surface area contributed by atoms with Gasteiger partial charge in [-0.05, 0) is 38.0 Å². The fourth-order valence-electron chi connectivity index (χ4n) is 4.95. The average molecular weight is 311 g/mol. The smallest absolute Gasteiger partial charge is 0.168 e. The molecule has 0 aromatic heterocycles. The first-order valence-corrected chi connectivity index (χ1v) is 10.1. The number of hydrogen-bond acceptors (Lipinski definition) is 2. The van der Waals surface area contributed by atoms with E-state index in [0.717, 1.165) is 19.3 Å². The third kappa shape index (κ3) is 4.96. The van der Waals surface area contributed by atoms with Crippen molar-refractivity contribution in [1.82, 2.24) is 0 Å². The summed E-state index contributed by atoms with van der Waals surface area (Å²) < 4.78 is 0. The monoisotopic (exact) mass is 310 g/mol. The molecule has 0 radical (unpaired) electrons. The molecule has 1 unspecified atom stereocenters. The van der Waals surface area contributed by atoms with Gasteiger partial charge in [-0.25, -0.2) is 0 Å². The Kier molecular flexibility index (Phi) is 7.70. The zero-order valence-corrected chi connectivity index (χ0v) is 14.7. The molecule has 2 aliphatic rings. The fourth-order valence-corrected chi connectivity index (χ4v) is 4.95. The average Bonchev–Trinajstić information content (AvgIpc) is 3.19. The van der Waals surface area contributed by atoms with E-state index in [1.807, 2.05) is 0 Å². The van der Waals surface area contributed by atoms with Gasteiger partial charge in [-0.15, -0.1) is 0 Å².